The van der Waals surface area contributed by atoms with Crippen molar-refractivity contribution in [1.29, 1.82) is 0 Å². The molecule has 35 heavy (non-hydrogen) atoms. The lowest BCUT2D eigenvalue weighted by Crippen LogP contribution is -2.36. The Kier molecular flexibility index (Phi) is 6.44. The number of amides is 1. The van der Waals surface area contributed by atoms with E-state index in [9.17, 15) is 9.59 Å². The first-order chi connectivity index (χ1) is 17.1. The van der Waals surface area contributed by atoms with Crippen LogP contribution >= 0.6 is 0 Å². The van der Waals surface area contributed by atoms with Crippen LogP contribution in [0.5, 0.6) is 0 Å². The van der Waals surface area contributed by atoms with Gasteiger partial charge in [-0.2, -0.15) is 0 Å². The number of nitrogens with zero attached hydrogens (tertiary/aromatic N) is 3. The maximum atomic E-state index is 13.6. The molecule has 1 unspecified atom stereocenters. The highest BCUT2D eigenvalue weighted by Gasteiger charge is 2.19. The number of aromatic nitrogens is 3. The van der Waals surface area contributed by atoms with E-state index in [0.717, 1.165) is 29.3 Å². The fourth-order valence-corrected chi connectivity index (χ4v) is 4.57. The number of benzene rings is 3. The first-order valence-electron chi connectivity index (χ1n) is 11.9. The van der Waals surface area contributed by atoms with E-state index in [2.05, 4.69) is 22.4 Å². The minimum absolute atomic E-state index is 0.0173. The normalized spacial score (nSPS) is 12.1. The Morgan fingerprint density at radius 1 is 0.914 bits per heavy atom. The van der Waals surface area contributed by atoms with Crippen LogP contribution in [0.1, 0.15) is 24.5 Å². The molecular formula is C29H28N4O2. The van der Waals surface area contributed by atoms with Crippen LogP contribution < -0.4 is 10.9 Å². The van der Waals surface area contributed by atoms with Gasteiger partial charge < -0.3 is 9.88 Å². The molecule has 2 heterocycles. The number of rotatable bonds is 8. The Bertz CT molecular complexity index is 1520. The molecule has 6 heteroatoms. The summed E-state index contributed by atoms with van der Waals surface area (Å²) in [6.45, 7) is 2.50. The predicted molar refractivity (Wildman–Crippen MR) is 139 cm³/mol. The Morgan fingerprint density at radius 2 is 1.57 bits per heavy atom. The molecule has 1 amide bonds. The van der Waals surface area contributed by atoms with Crippen molar-refractivity contribution in [2.24, 2.45) is 0 Å². The van der Waals surface area contributed by atoms with Crippen LogP contribution in [-0.2, 0) is 24.3 Å². The second-order valence-corrected chi connectivity index (χ2v) is 8.96. The smallest absolute Gasteiger partial charge is 0.278 e. The van der Waals surface area contributed by atoms with Crippen LogP contribution in [0.25, 0.3) is 21.9 Å². The number of nitrogens with one attached hydrogen (secondary N) is 1. The molecule has 6 nitrogen and oxygen atoms in total. The molecule has 5 aromatic rings. The van der Waals surface area contributed by atoms with E-state index in [-0.39, 0.29) is 24.1 Å². The van der Waals surface area contributed by atoms with Gasteiger partial charge in [0.2, 0.25) is 5.91 Å². The Labute approximate surface area is 203 Å². The summed E-state index contributed by atoms with van der Waals surface area (Å²) in [7, 11) is 0. The van der Waals surface area contributed by atoms with Crippen molar-refractivity contribution in [1.82, 2.24) is 19.4 Å². The van der Waals surface area contributed by atoms with E-state index in [0.29, 0.717) is 17.6 Å². The second kappa shape index (κ2) is 9.97. The summed E-state index contributed by atoms with van der Waals surface area (Å²) < 4.78 is 3.41. The average molecular weight is 465 g/mol. The Hall–Kier alpha value is -4.19. The minimum Gasteiger partial charge on any atom is -0.352 e. The van der Waals surface area contributed by atoms with E-state index in [4.69, 9.17) is 0 Å². The zero-order valence-corrected chi connectivity index (χ0v) is 19.7. The highest BCUT2D eigenvalue weighted by molar-refractivity contribution is 6.06. The number of para-hydroxylation sites is 1. The van der Waals surface area contributed by atoms with E-state index in [1.165, 1.54) is 5.56 Å². The second-order valence-electron chi connectivity index (χ2n) is 8.96. The average Bonchev–Trinajstić information content (AvgIpc) is 3.20. The topological polar surface area (TPSA) is 68.9 Å². The van der Waals surface area contributed by atoms with Crippen LogP contribution in [0.15, 0.2) is 96.1 Å². The van der Waals surface area contributed by atoms with Crippen molar-refractivity contribution in [3.63, 3.8) is 0 Å². The molecule has 0 aliphatic carbocycles. The van der Waals surface area contributed by atoms with Crippen molar-refractivity contribution < 1.29 is 4.79 Å². The zero-order valence-electron chi connectivity index (χ0n) is 19.7. The van der Waals surface area contributed by atoms with Gasteiger partial charge in [0, 0.05) is 11.4 Å². The molecule has 0 aliphatic heterocycles. The molecule has 2 aromatic heterocycles. The van der Waals surface area contributed by atoms with E-state index >= 15 is 0 Å². The SMILES string of the molecule is CC(CCc1ccccc1)NC(=O)Cn1c2ccccc2c2ncn(Cc3ccccc3)c(=O)c21. The van der Waals surface area contributed by atoms with Crippen molar-refractivity contribution >= 4 is 27.8 Å². The fourth-order valence-electron chi connectivity index (χ4n) is 4.57. The fraction of sp³-hybridized carbons (Fsp3) is 0.207. The van der Waals surface area contributed by atoms with Crippen LogP contribution in [-0.4, -0.2) is 26.1 Å². The summed E-state index contributed by atoms with van der Waals surface area (Å²) in [6, 6.07) is 27.8. The summed E-state index contributed by atoms with van der Waals surface area (Å²) in [5.74, 6) is -0.119. The van der Waals surface area contributed by atoms with E-state index < -0.39 is 0 Å². The van der Waals surface area contributed by atoms with Crippen LogP contribution in [0.4, 0.5) is 0 Å². The molecule has 0 saturated carbocycles. The van der Waals surface area contributed by atoms with Gasteiger partial charge in [-0.15, -0.1) is 0 Å². The van der Waals surface area contributed by atoms with Crippen LogP contribution in [0.2, 0.25) is 0 Å². The lowest BCUT2D eigenvalue weighted by molar-refractivity contribution is -0.122. The summed E-state index contributed by atoms with van der Waals surface area (Å²) in [5, 5.41) is 3.97. The standard InChI is InChI=1S/C29H28N4O2/c1-21(16-17-22-10-4-2-5-11-22)31-26(34)19-33-25-15-9-8-14-24(25)27-28(33)29(35)32(20-30-27)18-23-12-6-3-7-13-23/h2-15,20-21H,16-19H2,1H3,(H,31,34). The molecule has 1 atom stereocenters. The van der Waals surface area contributed by atoms with Crippen molar-refractivity contribution in [2.75, 3.05) is 0 Å². The van der Waals surface area contributed by atoms with E-state index in [1.54, 1.807) is 15.5 Å². The summed E-state index contributed by atoms with van der Waals surface area (Å²) in [5.41, 5.74) is 4.03. The Morgan fingerprint density at radius 3 is 2.31 bits per heavy atom. The van der Waals surface area contributed by atoms with Crippen molar-refractivity contribution in [2.45, 2.75) is 38.9 Å². The number of aryl methyl sites for hydroxylation is 1. The van der Waals surface area contributed by atoms with E-state index in [1.807, 2.05) is 79.7 Å². The molecule has 0 spiro atoms. The molecule has 5 rings (SSSR count). The molecule has 0 fully saturated rings. The maximum Gasteiger partial charge on any atom is 0.278 e. The monoisotopic (exact) mass is 464 g/mol. The summed E-state index contributed by atoms with van der Waals surface area (Å²) >= 11 is 0. The number of hydrogen-bond acceptors (Lipinski definition) is 3. The highest BCUT2D eigenvalue weighted by atomic mass is 16.2. The molecule has 0 aliphatic rings. The minimum atomic E-state index is -0.153. The molecule has 1 N–H and O–H groups in total. The van der Waals surface area contributed by atoms with Gasteiger partial charge in [0.15, 0.2) is 0 Å². The first-order valence-corrected chi connectivity index (χ1v) is 11.9. The molecule has 0 bridgehead atoms. The molecule has 3 aromatic carbocycles. The van der Waals surface area contributed by atoms with Gasteiger partial charge in [-0.05, 0) is 37.0 Å². The van der Waals surface area contributed by atoms with Gasteiger partial charge in [0.25, 0.3) is 5.56 Å². The van der Waals surface area contributed by atoms with Gasteiger partial charge in [0.05, 0.1) is 18.4 Å². The zero-order chi connectivity index (χ0) is 24.2. The van der Waals surface area contributed by atoms with Gasteiger partial charge in [-0.3, -0.25) is 14.2 Å². The lowest BCUT2D eigenvalue weighted by atomic mass is 10.1. The molecule has 0 radical (unpaired) electrons. The number of fused-ring (bicyclic) bond motifs is 3. The highest BCUT2D eigenvalue weighted by Crippen LogP contribution is 2.25. The van der Waals surface area contributed by atoms with Crippen molar-refractivity contribution in [3.05, 3.63) is 113 Å². The molecular weight excluding hydrogens is 436 g/mol. The van der Waals surface area contributed by atoms with Gasteiger partial charge in [-0.25, -0.2) is 4.98 Å². The van der Waals surface area contributed by atoms with Gasteiger partial charge >= 0.3 is 0 Å². The van der Waals surface area contributed by atoms with Gasteiger partial charge in [-0.1, -0.05) is 78.9 Å². The number of hydrogen-bond donors (Lipinski definition) is 1. The first kappa shape index (κ1) is 22.6. The van der Waals surface area contributed by atoms with Crippen LogP contribution in [0, 0.1) is 0 Å². The lowest BCUT2D eigenvalue weighted by Gasteiger charge is -2.15. The molecule has 0 saturated heterocycles. The van der Waals surface area contributed by atoms with Gasteiger partial charge in [0.1, 0.15) is 17.6 Å². The molecule has 176 valence electrons. The summed E-state index contributed by atoms with van der Waals surface area (Å²) in [6.07, 6.45) is 3.33. The number of carbonyl (C=O) groups excluding carboxylic acids is 1. The third-order valence-electron chi connectivity index (χ3n) is 6.35. The quantitative estimate of drug-likeness (QED) is 0.367. The number of carbonyl (C=O) groups is 1. The third kappa shape index (κ3) is 4.87. The van der Waals surface area contributed by atoms with Crippen LogP contribution in [0.3, 0.4) is 0 Å². The predicted octanol–water partition coefficient (Wildman–Crippen LogP) is 4.54. The maximum absolute atomic E-state index is 13.6. The Balaban J connectivity index is 1.42. The van der Waals surface area contributed by atoms with Crippen molar-refractivity contribution in [3.8, 4) is 0 Å². The largest absolute Gasteiger partial charge is 0.352 e. The summed E-state index contributed by atoms with van der Waals surface area (Å²) in [4.78, 5) is 31.2. The third-order valence-corrected chi connectivity index (χ3v) is 6.35.